The number of anilines is 2. The molecule has 0 aromatic heterocycles. The van der Waals surface area contributed by atoms with Gasteiger partial charge in [0.25, 0.3) is 5.91 Å². The van der Waals surface area contributed by atoms with Crippen molar-refractivity contribution in [2.45, 2.75) is 6.92 Å². The molecular formula is C20H22FN3O3. The zero-order chi connectivity index (χ0) is 19.2. The number of nitrogens with zero attached hydrogens (tertiary/aromatic N) is 2. The Morgan fingerprint density at radius 2 is 1.70 bits per heavy atom. The second kappa shape index (κ2) is 8.53. The van der Waals surface area contributed by atoms with E-state index in [0.717, 1.165) is 18.8 Å². The third-order valence-corrected chi connectivity index (χ3v) is 4.44. The highest BCUT2D eigenvalue weighted by Gasteiger charge is 2.18. The first kappa shape index (κ1) is 18.7. The molecular weight excluding hydrogens is 349 g/mol. The van der Waals surface area contributed by atoms with Crippen molar-refractivity contribution in [1.82, 2.24) is 4.90 Å². The van der Waals surface area contributed by atoms with Gasteiger partial charge in [-0.25, -0.2) is 4.39 Å². The maximum Gasteiger partial charge on any atom is 0.262 e. The van der Waals surface area contributed by atoms with Crippen molar-refractivity contribution in [2.24, 2.45) is 0 Å². The molecule has 2 aromatic rings. The number of carbonyl (C=O) groups is 2. The van der Waals surface area contributed by atoms with E-state index < -0.39 is 5.82 Å². The summed E-state index contributed by atoms with van der Waals surface area (Å²) in [5.41, 5.74) is 1.68. The molecule has 2 amide bonds. The molecule has 27 heavy (non-hydrogen) atoms. The van der Waals surface area contributed by atoms with Gasteiger partial charge in [-0.3, -0.25) is 9.59 Å². The molecule has 142 valence electrons. The van der Waals surface area contributed by atoms with Crippen LogP contribution >= 0.6 is 0 Å². The fourth-order valence-electron chi connectivity index (χ4n) is 2.94. The van der Waals surface area contributed by atoms with E-state index in [1.807, 2.05) is 29.2 Å². The Kier molecular flexibility index (Phi) is 5.90. The summed E-state index contributed by atoms with van der Waals surface area (Å²) in [5.74, 6) is -0.710. The standard InChI is InChI=1S/C20H22FN3O3/c1-15(25)23-10-12-24(13-11-23)17-8-6-16(7-9-17)22-20(26)14-27-19-5-3-2-4-18(19)21/h2-9H,10-14H2,1H3,(H,22,26). The fraction of sp³-hybridized carbons (Fsp3) is 0.300. The Balaban J connectivity index is 1.49. The van der Waals surface area contributed by atoms with E-state index in [4.69, 9.17) is 4.74 Å². The molecule has 0 saturated carbocycles. The molecule has 1 N–H and O–H groups in total. The molecule has 0 spiro atoms. The second-order valence-electron chi connectivity index (χ2n) is 6.31. The van der Waals surface area contributed by atoms with Crippen LogP contribution in [0.1, 0.15) is 6.92 Å². The highest BCUT2D eigenvalue weighted by Crippen LogP contribution is 2.20. The Labute approximate surface area is 157 Å². The lowest BCUT2D eigenvalue weighted by atomic mass is 10.2. The van der Waals surface area contributed by atoms with Crippen molar-refractivity contribution < 1.29 is 18.7 Å². The summed E-state index contributed by atoms with van der Waals surface area (Å²) in [7, 11) is 0. The van der Waals surface area contributed by atoms with Crippen LogP contribution in [-0.4, -0.2) is 49.5 Å². The molecule has 6 nitrogen and oxygen atoms in total. The summed E-state index contributed by atoms with van der Waals surface area (Å²) in [5, 5.41) is 2.73. The first-order chi connectivity index (χ1) is 13.0. The first-order valence-corrected chi connectivity index (χ1v) is 8.80. The van der Waals surface area contributed by atoms with Crippen molar-refractivity contribution in [1.29, 1.82) is 0 Å². The summed E-state index contributed by atoms with van der Waals surface area (Å²) in [6.45, 7) is 4.30. The molecule has 0 aliphatic carbocycles. The van der Waals surface area contributed by atoms with E-state index >= 15 is 0 Å². The van der Waals surface area contributed by atoms with Gasteiger partial charge >= 0.3 is 0 Å². The molecule has 1 aliphatic heterocycles. The van der Waals surface area contributed by atoms with Gasteiger partial charge in [-0.1, -0.05) is 12.1 Å². The van der Waals surface area contributed by atoms with Gasteiger partial charge < -0.3 is 19.9 Å². The Bertz CT molecular complexity index is 802. The van der Waals surface area contributed by atoms with Gasteiger partial charge in [-0.2, -0.15) is 0 Å². The summed E-state index contributed by atoms with van der Waals surface area (Å²) in [6, 6.07) is 13.4. The predicted molar refractivity (Wildman–Crippen MR) is 101 cm³/mol. The maximum absolute atomic E-state index is 13.5. The Morgan fingerprint density at radius 1 is 1.04 bits per heavy atom. The number of hydrogen-bond acceptors (Lipinski definition) is 4. The van der Waals surface area contributed by atoms with Crippen molar-refractivity contribution in [3.8, 4) is 5.75 Å². The molecule has 1 saturated heterocycles. The summed E-state index contributed by atoms with van der Waals surface area (Å²) in [6.07, 6.45) is 0. The van der Waals surface area contributed by atoms with Gasteiger partial charge in [0.15, 0.2) is 18.2 Å². The predicted octanol–water partition coefficient (Wildman–Crippen LogP) is 2.51. The van der Waals surface area contributed by atoms with Gasteiger partial charge in [0.2, 0.25) is 5.91 Å². The fourth-order valence-corrected chi connectivity index (χ4v) is 2.94. The van der Waals surface area contributed by atoms with Gasteiger partial charge in [-0.05, 0) is 36.4 Å². The number of nitrogens with one attached hydrogen (secondary N) is 1. The number of rotatable bonds is 5. The smallest absolute Gasteiger partial charge is 0.262 e. The van der Waals surface area contributed by atoms with Crippen LogP contribution < -0.4 is 15.0 Å². The average Bonchev–Trinajstić information content (AvgIpc) is 2.68. The van der Waals surface area contributed by atoms with Gasteiger partial charge in [0.1, 0.15) is 0 Å². The third-order valence-electron chi connectivity index (χ3n) is 4.44. The minimum Gasteiger partial charge on any atom is -0.481 e. The van der Waals surface area contributed by atoms with E-state index in [1.165, 1.54) is 12.1 Å². The zero-order valence-corrected chi connectivity index (χ0v) is 15.2. The Morgan fingerprint density at radius 3 is 2.33 bits per heavy atom. The number of amides is 2. The van der Waals surface area contributed by atoms with Crippen molar-refractivity contribution >= 4 is 23.2 Å². The van der Waals surface area contributed by atoms with Crippen LogP contribution in [0.4, 0.5) is 15.8 Å². The highest BCUT2D eigenvalue weighted by molar-refractivity contribution is 5.92. The van der Waals surface area contributed by atoms with Crippen LogP contribution in [0.2, 0.25) is 0 Å². The molecule has 7 heteroatoms. The molecule has 0 bridgehead atoms. The van der Waals surface area contributed by atoms with Crippen molar-refractivity contribution in [2.75, 3.05) is 43.0 Å². The van der Waals surface area contributed by atoms with Crippen molar-refractivity contribution in [3.63, 3.8) is 0 Å². The topological polar surface area (TPSA) is 61.9 Å². The number of para-hydroxylation sites is 1. The molecule has 1 fully saturated rings. The summed E-state index contributed by atoms with van der Waals surface area (Å²) in [4.78, 5) is 27.4. The lowest BCUT2D eigenvalue weighted by Crippen LogP contribution is -2.48. The number of piperazine rings is 1. The first-order valence-electron chi connectivity index (χ1n) is 8.80. The van der Waals surface area contributed by atoms with Crippen LogP contribution in [-0.2, 0) is 9.59 Å². The van der Waals surface area contributed by atoms with E-state index in [2.05, 4.69) is 10.2 Å². The number of halogens is 1. The number of carbonyl (C=O) groups excluding carboxylic acids is 2. The lowest BCUT2D eigenvalue weighted by Gasteiger charge is -2.35. The van der Waals surface area contributed by atoms with Crippen LogP contribution in [0.25, 0.3) is 0 Å². The molecule has 2 aromatic carbocycles. The molecule has 1 heterocycles. The SMILES string of the molecule is CC(=O)N1CCN(c2ccc(NC(=O)COc3ccccc3F)cc2)CC1. The Hall–Kier alpha value is -3.09. The molecule has 0 atom stereocenters. The third kappa shape index (κ3) is 4.97. The van der Waals surface area contributed by atoms with E-state index in [-0.39, 0.29) is 24.2 Å². The minimum atomic E-state index is -0.500. The molecule has 0 radical (unpaired) electrons. The van der Waals surface area contributed by atoms with Gasteiger partial charge in [-0.15, -0.1) is 0 Å². The maximum atomic E-state index is 13.5. The summed E-state index contributed by atoms with van der Waals surface area (Å²) >= 11 is 0. The van der Waals surface area contributed by atoms with E-state index in [1.54, 1.807) is 19.1 Å². The van der Waals surface area contributed by atoms with E-state index in [9.17, 15) is 14.0 Å². The van der Waals surface area contributed by atoms with Crippen LogP contribution in [0.15, 0.2) is 48.5 Å². The lowest BCUT2D eigenvalue weighted by molar-refractivity contribution is -0.129. The number of hydrogen-bond donors (Lipinski definition) is 1. The number of benzene rings is 2. The van der Waals surface area contributed by atoms with E-state index in [0.29, 0.717) is 18.8 Å². The van der Waals surface area contributed by atoms with Crippen LogP contribution in [0.5, 0.6) is 5.75 Å². The zero-order valence-electron chi connectivity index (χ0n) is 15.2. The van der Waals surface area contributed by atoms with Gasteiger partial charge in [0, 0.05) is 44.5 Å². The van der Waals surface area contributed by atoms with Crippen molar-refractivity contribution in [3.05, 3.63) is 54.3 Å². The summed E-state index contributed by atoms with van der Waals surface area (Å²) < 4.78 is 18.7. The normalized spacial score (nSPS) is 14.0. The number of ether oxygens (including phenoxy) is 1. The highest BCUT2D eigenvalue weighted by atomic mass is 19.1. The molecule has 1 aliphatic rings. The monoisotopic (exact) mass is 371 g/mol. The van der Waals surface area contributed by atoms with Gasteiger partial charge in [0.05, 0.1) is 0 Å². The minimum absolute atomic E-state index is 0.0488. The van der Waals surface area contributed by atoms with Crippen LogP contribution in [0.3, 0.4) is 0 Å². The molecule has 0 unspecified atom stereocenters. The average molecular weight is 371 g/mol. The molecule has 3 rings (SSSR count). The van der Waals surface area contributed by atoms with Crippen LogP contribution in [0, 0.1) is 5.82 Å². The quantitative estimate of drug-likeness (QED) is 0.877. The largest absolute Gasteiger partial charge is 0.481 e. The second-order valence-corrected chi connectivity index (χ2v) is 6.31.